The molecule has 0 saturated heterocycles. The zero-order valence-electron chi connectivity index (χ0n) is 9.02. The molecule has 0 atom stereocenters. The Morgan fingerprint density at radius 1 is 1.50 bits per heavy atom. The molecule has 1 aromatic rings. The average molecular weight is 306 g/mol. The average Bonchev–Trinajstić information content (AvgIpc) is 2.25. The summed E-state index contributed by atoms with van der Waals surface area (Å²) in [4.78, 5) is 11.5. The van der Waals surface area contributed by atoms with Crippen LogP contribution in [0.3, 0.4) is 0 Å². The van der Waals surface area contributed by atoms with Gasteiger partial charge in [0.2, 0.25) is 5.91 Å². The fourth-order valence-electron chi connectivity index (χ4n) is 1.19. The van der Waals surface area contributed by atoms with Gasteiger partial charge in [-0.2, -0.15) is 0 Å². The van der Waals surface area contributed by atoms with Crippen LogP contribution in [0, 0.1) is 0 Å². The summed E-state index contributed by atoms with van der Waals surface area (Å²) in [7, 11) is 0. The van der Waals surface area contributed by atoms with E-state index in [0.717, 1.165) is 6.54 Å². The normalized spacial score (nSPS) is 10.2. The van der Waals surface area contributed by atoms with Gasteiger partial charge < -0.3 is 10.6 Å². The first-order valence-corrected chi connectivity index (χ1v) is 6.26. The monoisotopic (exact) mass is 304 g/mol. The van der Waals surface area contributed by atoms with Crippen LogP contribution in [0.1, 0.15) is 13.3 Å². The standard InChI is InChI=1S/C11H14BrClN2O/c1-2-14-7-6-10(16)15-9-5-3-4-8(13)11(9)12/h3-5,14H,2,6-7H2,1H3,(H,15,16). The van der Waals surface area contributed by atoms with E-state index in [1.165, 1.54) is 0 Å². The van der Waals surface area contributed by atoms with Gasteiger partial charge in [-0.25, -0.2) is 0 Å². The first kappa shape index (κ1) is 13.5. The van der Waals surface area contributed by atoms with Crippen molar-refractivity contribution in [1.29, 1.82) is 0 Å². The van der Waals surface area contributed by atoms with Crippen molar-refractivity contribution in [2.75, 3.05) is 18.4 Å². The number of nitrogens with one attached hydrogen (secondary N) is 2. The molecule has 0 aliphatic carbocycles. The molecule has 0 heterocycles. The molecule has 5 heteroatoms. The fourth-order valence-corrected chi connectivity index (χ4v) is 1.73. The van der Waals surface area contributed by atoms with E-state index in [1.807, 2.05) is 6.92 Å². The molecule has 1 amide bonds. The number of hydrogen-bond donors (Lipinski definition) is 2. The van der Waals surface area contributed by atoms with Crippen molar-refractivity contribution in [2.45, 2.75) is 13.3 Å². The van der Waals surface area contributed by atoms with E-state index in [4.69, 9.17) is 11.6 Å². The van der Waals surface area contributed by atoms with Gasteiger partial charge in [0.05, 0.1) is 15.2 Å². The molecule has 0 unspecified atom stereocenters. The molecule has 0 bridgehead atoms. The summed E-state index contributed by atoms with van der Waals surface area (Å²) in [5, 5.41) is 6.48. The number of halogens is 2. The van der Waals surface area contributed by atoms with Gasteiger partial charge in [-0.15, -0.1) is 0 Å². The van der Waals surface area contributed by atoms with Crippen molar-refractivity contribution >= 4 is 39.1 Å². The van der Waals surface area contributed by atoms with E-state index in [2.05, 4.69) is 26.6 Å². The van der Waals surface area contributed by atoms with Crippen molar-refractivity contribution in [3.63, 3.8) is 0 Å². The van der Waals surface area contributed by atoms with Crippen LogP contribution in [0.25, 0.3) is 0 Å². The molecule has 0 radical (unpaired) electrons. The van der Waals surface area contributed by atoms with Crippen LogP contribution >= 0.6 is 27.5 Å². The second-order valence-corrected chi connectivity index (χ2v) is 4.45. The second kappa shape index (κ2) is 6.89. The van der Waals surface area contributed by atoms with Crippen LogP contribution in [0.2, 0.25) is 5.02 Å². The highest BCUT2D eigenvalue weighted by molar-refractivity contribution is 9.10. The lowest BCUT2D eigenvalue weighted by atomic mass is 10.3. The number of hydrogen-bond acceptors (Lipinski definition) is 2. The highest BCUT2D eigenvalue weighted by Gasteiger charge is 2.07. The maximum absolute atomic E-state index is 11.5. The number of carbonyl (C=O) groups excluding carboxylic acids is 1. The smallest absolute Gasteiger partial charge is 0.225 e. The molecule has 3 nitrogen and oxygen atoms in total. The third-order valence-electron chi connectivity index (χ3n) is 2.00. The summed E-state index contributed by atoms with van der Waals surface area (Å²) < 4.78 is 0.716. The first-order chi connectivity index (χ1) is 7.65. The van der Waals surface area contributed by atoms with Crippen LogP contribution in [0.4, 0.5) is 5.69 Å². The van der Waals surface area contributed by atoms with Crippen LogP contribution < -0.4 is 10.6 Å². The number of benzene rings is 1. The maximum Gasteiger partial charge on any atom is 0.225 e. The van der Waals surface area contributed by atoms with E-state index in [0.29, 0.717) is 28.1 Å². The lowest BCUT2D eigenvalue weighted by molar-refractivity contribution is -0.116. The predicted octanol–water partition coefficient (Wildman–Crippen LogP) is 3.04. The van der Waals surface area contributed by atoms with E-state index < -0.39 is 0 Å². The zero-order chi connectivity index (χ0) is 12.0. The summed E-state index contributed by atoms with van der Waals surface area (Å²) in [6.07, 6.45) is 0.451. The molecule has 0 saturated carbocycles. The summed E-state index contributed by atoms with van der Waals surface area (Å²) in [5.41, 5.74) is 0.703. The summed E-state index contributed by atoms with van der Waals surface area (Å²) >= 11 is 9.24. The SMILES string of the molecule is CCNCCC(=O)Nc1cccc(Cl)c1Br. The minimum Gasteiger partial charge on any atom is -0.325 e. The lowest BCUT2D eigenvalue weighted by Crippen LogP contribution is -2.21. The Bertz CT molecular complexity index is 371. The van der Waals surface area contributed by atoms with Crippen molar-refractivity contribution in [2.24, 2.45) is 0 Å². The highest BCUT2D eigenvalue weighted by Crippen LogP contribution is 2.29. The van der Waals surface area contributed by atoms with Crippen LogP contribution in [-0.2, 0) is 4.79 Å². The van der Waals surface area contributed by atoms with E-state index in [-0.39, 0.29) is 5.91 Å². The third-order valence-corrected chi connectivity index (χ3v) is 3.40. The Hall–Kier alpha value is -0.580. The maximum atomic E-state index is 11.5. The van der Waals surface area contributed by atoms with E-state index >= 15 is 0 Å². The van der Waals surface area contributed by atoms with Gasteiger partial charge in [0.1, 0.15) is 0 Å². The first-order valence-electron chi connectivity index (χ1n) is 5.09. The molecule has 16 heavy (non-hydrogen) atoms. The molecule has 0 aliphatic rings. The van der Waals surface area contributed by atoms with Crippen molar-refractivity contribution in [3.05, 3.63) is 27.7 Å². The Morgan fingerprint density at radius 3 is 2.94 bits per heavy atom. The molecule has 1 aromatic carbocycles. The molecule has 0 spiro atoms. The quantitative estimate of drug-likeness (QED) is 0.821. The van der Waals surface area contributed by atoms with Crippen LogP contribution in [-0.4, -0.2) is 19.0 Å². The summed E-state index contributed by atoms with van der Waals surface area (Å²) in [5.74, 6) is -0.0242. The fraction of sp³-hybridized carbons (Fsp3) is 0.364. The van der Waals surface area contributed by atoms with E-state index in [9.17, 15) is 4.79 Å². The summed E-state index contributed by atoms with van der Waals surface area (Å²) in [6, 6.07) is 5.37. The van der Waals surface area contributed by atoms with Crippen LogP contribution in [0.15, 0.2) is 22.7 Å². The molecule has 0 fully saturated rings. The number of amides is 1. The van der Waals surface area contributed by atoms with Crippen LogP contribution in [0.5, 0.6) is 0 Å². The van der Waals surface area contributed by atoms with E-state index in [1.54, 1.807) is 18.2 Å². The molecule has 1 rings (SSSR count). The van der Waals surface area contributed by atoms with Gasteiger partial charge in [0.15, 0.2) is 0 Å². The Labute approximate surface area is 109 Å². The number of carbonyl (C=O) groups is 1. The van der Waals surface area contributed by atoms with Crippen molar-refractivity contribution in [1.82, 2.24) is 5.32 Å². The van der Waals surface area contributed by atoms with Crippen molar-refractivity contribution in [3.8, 4) is 0 Å². The van der Waals surface area contributed by atoms with Gasteiger partial charge in [-0.3, -0.25) is 4.79 Å². The van der Waals surface area contributed by atoms with Gasteiger partial charge >= 0.3 is 0 Å². The molecule has 0 aliphatic heterocycles. The molecular weight excluding hydrogens is 291 g/mol. The minimum absolute atomic E-state index is 0.0242. The van der Waals surface area contributed by atoms with Gasteiger partial charge in [-0.1, -0.05) is 24.6 Å². The highest BCUT2D eigenvalue weighted by atomic mass is 79.9. The number of anilines is 1. The van der Waals surface area contributed by atoms with Gasteiger partial charge in [-0.05, 0) is 34.6 Å². The Morgan fingerprint density at radius 2 is 2.25 bits per heavy atom. The molecule has 0 aromatic heterocycles. The molecule has 2 N–H and O–H groups in total. The Kier molecular flexibility index (Phi) is 5.80. The van der Waals surface area contributed by atoms with Gasteiger partial charge in [0.25, 0.3) is 0 Å². The zero-order valence-corrected chi connectivity index (χ0v) is 11.4. The predicted molar refractivity (Wildman–Crippen MR) is 70.9 cm³/mol. The van der Waals surface area contributed by atoms with Gasteiger partial charge in [0, 0.05) is 13.0 Å². The summed E-state index contributed by atoms with van der Waals surface area (Å²) in [6.45, 7) is 3.56. The number of rotatable bonds is 5. The topological polar surface area (TPSA) is 41.1 Å². The van der Waals surface area contributed by atoms with Crippen molar-refractivity contribution < 1.29 is 4.79 Å². The lowest BCUT2D eigenvalue weighted by Gasteiger charge is -2.08. The molecule has 88 valence electrons. The molecular formula is C11H14BrClN2O. The Balaban J connectivity index is 2.53. The minimum atomic E-state index is -0.0242. The third kappa shape index (κ3) is 4.12. The second-order valence-electron chi connectivity index (χ2n) is 3.25. The largest absolute Gasteiger partial charge is 0.325 e.